The molecule has 0 bridgehead atoms. The van der Waals surface area contributed by atoms with Gasteiger partial charge in [0.1, 0.15) is 12.7 Å². The summed E-state index contributed by atoms with van der Waals surface area (Å²) in [4.78, 5) is 18.0. The normalized spacial score (nSPS) is 16.5. The van der Waals surface area contributed by atoms with Crippen molar-refractivity contribution in [2.24, 2.45) is 0 Å². The van der Waals surface area contributed by atoms with Gasteiger partial charge in [0, 0.05) is 18.8 Å². The fraction of sp³-hybridized carbons (Fsp3) is 0.611. The molecule has 0 aromatic heterocycles. The minimum absolute atomic E-state index is 0.0680. The molecule has 23 heavy (non-hydrogen) atoms. The van der Waals surface area contributed by atoms with Crippen LogP contribution in [0.3, 0.4) is 0 Å². The molecule has 2 rings (SSSR count). The number of hydrogen-bond donors (Lipinski definition) is 0. The lowest BCUT2D eigenvalue weighted by Gasteiger charge is -2.26. The van der Waals surface area contributed by atoms with Crippen LogP contribution in [-0.4, -0.2) is 43.0 Å². The molecule has 0 saturated heterocycles. The van der Waals surface area contributed by atoms with E-state index in [2.05, 4.69) is 6.92 Å². The molecule has 0 spiro atoms. The molecular formula is C18H27NO4. The van der Waals surface area contributed by atoms with Gasteiger partial charge in [0.25, 0.3) is 5.91 Å². The average Bonchev–Trinajstić information content (AvgIpc) is 2.88. The van der Waals surface area contributed by atoms with Crippen LogP contribution in [0.15, 0.2) is 24.3 Å². The lowest BCUT2D eigenvalue weighted by Crippen LogP contribution is -2.37. The van der Waals surface area contributed by atoms with Gasteiger partial charge >= 0.3 is 0 Å². The number of hydroxylamine groups is 2. The van der Waals surface area contributed by atoms with Gasteiger partial charge in [0.15, 0.2) is 0 Å². The van der Waals surface area contributed by atoms with Crippen LogP contribution in [0.1, 0.15) is 49.5 Å². The number of benzene rings is 1. The Bertz CT molecular complexity index is 506. The molecule has 5 nitrogen and oxygen atoms in total. The van der Waals surface area contributed by atoms with Gasteiger partial charge in [-0.2, -0.15) is 0 Å². The summed E-state index contributed by atoms with van der Waals surface area (Å²) < 4.78 is 11.5. The van der Waals surface area contributed by atoms with Crippen molar-refractivity contribution in [1.82, 2.24) is 5.06 Å². The van der Waals surface area contributed by atoms with Gasteiger partial charge in [-0.3, -0.25) is 9.63 Å². The molecule has 1 amide bonds. The molecule has 0 N–H and O–H groups in total. The summed E-state index contributed by atoms with van der Waals surface area (Å²) in [6.45, 7) is 8.16. The Kier molecular flexibility index (Phi) is 7.02. The zero-order valence-corrected chi connectivity index (χ0v) is 14.3. The third-order valence-electron chi connectivity index (χ3n) is 3.97. The Labute approximate surface area is 138 Å². The smallest absolute Gasteiger partial charge is 0.278 e. The Balaban J connectivity index is 1.86. The van der Waals surface area contributed by atoms with E-state index in [1.54, 1.807) is 0 Å². The molecule has 5 heteroatoms. The quantitative estimate of drug-likeness (QED) is 0.621. The number of unbranched alkanes of at least 4 members (excludes halogenated alkanes) is 1. The van der Waals surface area contributed by atoms with E-state index in [9.17, 15) is 4.79 Å². The van der Waals surface area contributed by atoms with Gasteiger partial charge in [-0.1, -0.05) is 31.5 Å². The molecule has 0 aliphatic carbocycles. The van der Waals surface area contributed by atoms with E-state index < -0.39 is 0 Å². The summed E-state index contributed by atoms with van der Waals surface area (Å²) in [7, 11) is 0. The van der Waals surface area contributed by atoms with Crippen molar-refractivity contribution in [2.75, 3.05) is 19.8 Å². The molecule has 2 unspecified atom stereocenters. The Morgan fingerprint density at radius 2 is 2.00 bits per heavy atom. The molecular weight excluding hydrogens is 294 g/mol. The van der Waals surface area contributed by atoms with E-state index >= 15 is 0 Å². The monoisotopic (exact) mass is 321 g/mol. The van der Waals surface area contributed by atoms with Crippen molar-refractivity contribution < 1.29 is 19.1 Å². The van der Waals surface area contributed by atoms with Gasteiger partial charge in [0.05, 0.1) is 12.6 Å². The molecule has 128 valence electrons. The van der Waals surface area contributed by atoms with Crippen LogP contribution >= 0.6 is 0 Å². The van der Waals surface area contributed by atoms with Crippen molar-refractivity contribution in [3.63, 3.8) is 0 Å². The Hall–Kier alpha value is -1.43. The molecule has 1 aromatic carbocycles. The maximum Gasteiger partial charge on any atom is 0.278 e. The predicted octanol–water partition coefficient (Wildman–Crippen LogP) is 3.18. The summed E-state index contributed by atoms with van der Waals surface area (Å²) >= 11 is 0. The topological polar surface area (TPSA) is 48.0 Å². The fourth-order valence-corrected chi connectivity index (χ4v) is 2.55. The Morgan fingerprint density at radius 3 is 2.70 bits per heavy atom. The van der Waals surface area contributed by atoms with Crippen LogP contribution < -0.4 is 0 Å². The van der Waals surface area contributed by atoms with Gasteiger partial charge in [0.2, 0.25) is 0 Å². The average molecular weight is 321 g/mol. The fourth-order valence-electron chi connectivity index (χ4n) is 2.55. The molecule has 0 saturated carbocycles. The first-order chi connectivity index (χ1) is 11.2. The first-order valence-corrected chi connectivity index (χ1v) is 8.43. The zero-order chi connectivity index (χ0) is 16.7. The number of hydrogen-bond acceptors (Lipinski definition) is 4. The number of nitrogens with zero attached hydrogens (tertiary/aromatic N) is 1. The lowest BCUT2D eigenvalue weighted by molar-refractivity contribution is -0.176. The zero-order valence-electron chi connectivity index (χ0n) is 14.3. The largest absolute Gasteiger partial charge is 0.376 e. The second kappa shape index (κ2) is 9.01. The first-order valence-electron chi connectivity index (χ1n) is 8.43. The SMILES string of the molecule is CCCCOC(C)C(CON1Cc2ccccc2C1=O)OCC. The number of rotatable bonds is 10. The lowest BCUT2D eigenvalue weighted by atomic mass is 10.1. The van der Waals surface area contributed by atoms with Crippen molar-refractivity contribution in [1.29, 1.82) is 0 Å². The van der Waals surface area contributed by atoms with E-state index in [1.165, 1.54) is 5.06 Å². The van der Waals surface area contributed by atoms with Gasteiger partial charge in [-0.05, 0) is 31.9 Å². The number of amides is 1. The van der Waals surface area contributed by atoms with Crippen molar-refractivity contribution in [3.8, 4) is 0 Å². The van der Waals surface area contributed by atoms with Gasteiger partial charge in [-0.25, -0.2) is 5.06 Å². The molecule has 1 aliphatic rings. The maximum absolute atomic E-state index is 12.3. The highest BCUT2D eigenvalue weighted by Crippen LogP contribution is 2.22. The van der Waals surface area contributed by atoms with E-state index in [1.807, 2.05) is 38.1 Å². The molecule has 0 radical (unpaired) electrons. The predicted molar refractivity (Wildman–Crippen MR) is 88.0 cm³/mol. The summed E-state index contributed by atoms with van der Waals surface area (Å²) in [6.07, 6.45) is 1.88. The van der Waals surface area contributed by atoms with Crippen LogP contribution in [0, 0.1) is 0 Å². The second-order valence-corrected chi connectivity index (χ2v) is 5.72. The number of ether oxygens (including phenoxy) is 2. The molecule has 1 aliphatic heterocycles. The summed E-state index contributed by atoms with van der Waals surface area (Å²) in [5, 5.41) is 1.41. The number of carbonyl (C=O) groups excluding carboxylic acids is 1. The molecule has 2 atom stereocenters. The van der Waals surface area contributed by atoms with E-state index in [0.29, 0.717) is 25.3 Å². The van der Waals surface area contributed by atoms with Crippen molar-refractivity contribution in [3.05, 3.63) is 35.4 Å². The van der Waals surface area contributed by atoms with Crippen LogP contribution in [0.25, 0.3) is 0 Å². The van der Waals surface area contributed by atoms with Gasteiger partial charge < -0.3 is 9.47 Å². The summed E-state index contributed by atoms with van der Waals surface area (Å²) in [6, 6.07) is 7.58. The highest BCUT2D eigenvalue weighted by molar-refractivity contribution is 5.97. The maximum atomic E-state index is 12.3. The van der Waals surface area contributed by atoms with Crippen molar-refractivity contribution in [2.45, 2.75) is 52.4 Å². The van der Waals surface area contributed by atoms with Crippen molar-refractivity contribution >= 4 is 5.91 Å². The Morgan fingerprint density at radius 1 is 1.22 bits per heavy atom. The number of carbonyl (C=O) groups is 1. The highest BCUT2D eigenvalue weighted by Gasteiger charge is 2.29. The third kappa shape index (κ3) is 4.77. The third-order valence-corrected chi connectivity index (χ3v) is 3.97. The van der Waals surface area contributed by atoms with E-state index in [4.69, 9.17) is 14.3 Å². The molecule has 0 fully saturated rings. The summed E-state index contributed by atoms with van der Waals surface area (Å²) in [5.41, 5.74) is 1.71. The van der Waals surface area contributed by atoms with E-state index in [0.717, 1.165) is 25.0 Å². The summed E-state index contributed by atoms with van der Waals surface area (Å²) in [5.74, 6) is -0.0876. The minimum Gasteiger partial charge on any atom is -0.376 e. The van der Waals surface area contributed by atoms with E-state index in [-0.39, 0.29) is 18.1 Å². The van der Waals surface area contributed by atoms with Gasteiger partial charge in [-0.15, -0.1) is 0 Å². The minimum atomic E-state index is -0.187. The van der Waals surface area contributed by atoms with Crippen LogP contribution in [-0.2, 0) is 20.9 Å². The van der Waals surface area contributed by atoms with Crippen LogP contribution in [0.4, 0.5) is 0 Å². The van der Waals surface area contributed by atoms with Crippen LogP contribution in [0.5, 0.6) is 0 Å². The first kappa shape index (κ1) is 17.9. The highest BCUT2D eigenvalue weighted by atomic mass is 16.7. The van der Waals surface area contributed by atoms with Crippen LogP contribution in [0.2, 0.25) is 0 Å². The number of fused-ring (bicyclic) bond motifs is 1. The molecule has 1 aromatic rings. The second-order valence-electron chi connectivity index (χ2n) is 5.72. The standard InChI is InChI=1S/C18H27NO4/c1-4-6-11-22-14(3)17(21-5-2)13-23-19-12-15-9-7-8-10-16(15)18(19)20/h7-10,14,17H,4-6,11-13H2,1-3H3. The molecule has 1 heterocycles.